The van der Waals surface area contributed by atoms with Crippen molar-refractivity contribution >= 4 is 0 Å². The Bertz CT molecular complexity index is 514. The molecule has 0 aliphatic carbocycles. The molecule has 0 aromatic carbocycles. The molecule has 0 radical (unpaired) electrons. The van der Waals surface area contributed by atoms with E-state index in [-0.39, 0.29) is 0 Å². The number of aromatic nitrogens is 3. The van der Waals surface area contributed by atoms with Gasteiger partial charge in [0, 0.05) is 17.8 Å². The minimum atomic E-state index is 0.419. The minimum absolute atomic E-state index is 0.419. The smallest absolute Gasteiger partial charge is 0.259 e. The van der Waals surface area contributed by atoms with Crippen molar-refractivity contribution in [3.8, 4) is 11.5 Å². The van der Waals surface area contributed by atoms with Gasteiger partial charge in [-0.15, -0.1) is 0 Å². The normalized spacial score (nSPS) is 16.9. The Morgan fingerprint density at radius 3 is 2.83 bits per heavy atom. The van der Waals surface area contributed by atoms with Crippen LogP contribution in [0.5, 0.6) is 0 Å². The molecular formula is C13H16N4O. The lowest BCUT2D eigenvalue weighted by Crippen LogP contribution is -2.27. The number of aryl methyl sites for hydroxylation is 1. The van der Waals surface area contributed by atoms with Crippen molar-refractivity contribution < 1.29 is 4.52 Å². The second kappa shape index (κ2) is 4.86. The summed E-state index contributed by atoms with van der Waals surface area (Å²) in [6.07, 6.45) is 3.92. The van der Waals surface area contributed by atoms with Gasteiger partial charge in [0.2, 0.25) is 0 Å². The molecule has 1 aliphatic rings. The lowest BCUT2D eigenvalue weighted by molar-refractivity contribution is 0.392. The Hall–Kier alpha value is -1.75. The van der Waals surface area contributed by atoms with Gasteiger partial charge in [0.15, 0.2) is 5.82 Å². The maximum atomic E-state index is 5.32. The summed E-state index contributed by atoms with van der Waals surface area (Å²) in [5.41, 5.74) is 1.87. The van der Waals surface area contributed by atoms with Crippen LogP contribution in [0.3, 0.4) is 0 Å². The molecule has 1 fully saturated rings. The van der Waals surface area contributed by atoms with Gasteiger partial charge < -0.3 is 9.84 Å². The van der Waals surface area contributed by atoms with Gasteiger partial charge in [0.1, 0.15) is 0 Å². The monoisotopic (exact) mass is 244 g/mol. The van der Waals surface area contributed by atoms with E-state index in [0.717, 1.165) is 43.0 Å². The number of rotatable bonds is 2. The highest BCUT2D eigenvalue weighted by Crippen LogP contribution is 2.25. The van der Waals surface area contributed by atoms with Gasteiger partial charge in [0.05, 0.1) is 5.56 Å². The summed E-state index contributed by atoms with van der Waals surface area (Å²) in [6, 6.07) is 3.91. The van der Waals surface area contributed by atoms with Crippen LogP contribution in [-0.4, -0.2) is 28.2 Å². The average Bonchev–Trinajstić information content (AvgIpc) is 2.90. The van der Waals surface area contributed by atoms with E-state index in [1.54, 1.807) is 6.20 Å². The van der Waals surface area contributed by atoms with Crippen LogP contribution in [0.4, 0.5) is 0 Å². The second-order valence-corrected chi connectivity index (χ2v) is 4.67. The summed E-state index contributed by atoms with van der Waals surface area (Å²) in [4.78, 5) is 8.73. The summed E-state index contributed by atoms with van der Waals surface area (Å²) in [5, 5.41) is 7.43. The lowest BCUT2D eigenvalue weighted by Gasteiger charge is -2.18. The third-order valence-electron chi connectivity index (χ3n) is 3.30. The van der Waals surface area contributed by atoms with E-state index in [0.29, 0.717) is 11.8 Å². The summed E-state index contributed by atoms with van der Waals surface area (Å²) >= 11 is 0. The van der Waals surface area contributed by atoms with Crippen LogP contribution in [0, 0.1) is 6.92 Å². The minimum Gasteiger partial charge on any atom is -0.334 e. The summed E-state index contributed by atoms with van der Waals surface area (Å²) in [7, 11) is 0. The van der Waals surface area contributed by atoms with Crippen LogP contribution >= 0.6 is 0 Å². The van der Waals surface area contributed by atoms with Crippen LogP contribution < -0.4 is 5.32 Å². The fourth-order valence-electron chi connectivity index (χ4n) is 2.19. The molecular weight excluding hydrogens is 228 g/mol. The summed E-state index contributed by atoms with van der Waals surface area (Å²) < 4.78 is 5.32. The molecule has 0 amide bonds. The number of nitrogens with one attached hydrogen (secondary N) is 1. The first-order chi connectivity index (χ1) is 8.83. The molecule has 2 aromatic rings. The molecule has 1 N–H and O–H groups in total. The van der Waals surface area contributed by atoms with Crippen LogP contribution in [-0.2, 0) is 0 Å². The number of piperidine rings is 1. The molecule has 94 valence electrons. The molecule has 1 saturated heterocycles. The maximum absolute atomic E-state index is 5.32. The third-order valence-corrected chi connectivity index (χ3v) is 3.30. The first-order valence-corrected chi connectivity index (χ1v) is 6.30. The lowest BCUT2D eigenvalue weighted by atomic mass is 9.98. The van der Waals surface area contributed by atoms with Crippen molar-refractivity contribution in [1.82, 2.24) is 20.4 Å². The Kier molecular flexibility index (Phi) is 3.06. The fraction of sp³-hybridized carbons (Fsp3) is 0.462. The molecule has 5 nitrogen and oxygen atoms in total. The van der Waals surface area contributed by atoms with Crippen molar-refractivity contribution in [1.29, 1.82) is 0 Å². The van der Waals surface area contributed by atoms with Crippen LogP contribution in [0.2, 0.25) is 0 Å². The topological polar surface area (TPSA) is 63.8 Å². The van der Waals surface area contributed by atoms with E-state index in [9.17, 15) is 0 Å². The zero-order valence-electron chi connectivity index (χ0n) is 10.4. The zero-order chi connectivity index (χ0) is 12.4. The molecule has 3 rings (SSSR count). The largest absolute Gasteiger partial charge is 0.334 e. The van der Waals surface area contributed by atoms with Gasteiger partial charge in [0.25, 0.3) is 5.89 Å². The highest BCUT2D eigenvalue weighted by molar-refractivity contribution is 5.50. The standard InChI is InChI=1S/C13H16N4O/c1-9-2-3-11(8-15-9)13-16-12(17-18-13)10-4-6-14-7-5-10/h2-3,8,10,14H,4-7H2,1H3. The molecule has 1 aliphatic heterocycles. The van der Waals surface area contributed by atoms with Crippen molar-refractivity contribution in [3.05, 3.63) is 29.8 Å². The van der Waals surface area contributed by atoms with Gasteiger partial charge in [-0.2, -0.15) is 4.98 Å². The highest BCUT2D eigenvalue weighted by atomic mass is 16.5. The van der Waals surface area contributed by atoms with E-state index in [1.807, 2.05) is 19.1 Å². The van der Waals surface area contributed by atoms with Gasteiger partial charge >= 0.3 is 0 Å². The van der Waals surface area contributed by atoms with Crippen molar-refractivity contribution in [2.45, 2.75) is 25.7 Å². The van der Waals surface area contributed by atoms with E-state index < -0.39 is 0 Å². The number of hydrogen-bond donors (Lipinski definition) is 1. The van der Waals surface area contributed by atoms with Crippen LogP contribution in [0.25, 0.3) is 11.5 Å². The number of hydrogen-bond acceptors (Lipinski definition) is 5. The first kappa shape index (κ1) is 11.3. The number of pyridine rings is 1. The highest BCUT2D eigenvalue weighted by Gasteiger charge is 2.21. The molecule has 5 heteroatoms. The van der Waals surface area contributed by atoms with E-state index in [1.165, 1.54) is 0 Å². The molecule has 18 heavy (non-hydrogen) atoms. The predicted octanol–water partition coefficient (Wildman–Crippen LogP) is 1.91. The van der Waals surface area contributed by atoms with E-state index in [4.69, 9.17) is 4.52 Å². The Labute approximate surface area is 106 Å². The summed E-state index contributed by atoms with van der Waals surface area (Å²) in [5.74, 6) is 1.81. The maximum Gasteiger partial charge on any atom is 0.259 e. The molecule has 0 unspecified atom stereocenters. The van der Waals surface area contributed by atoms with E-state index in [2.05, 4.69) is 20.4 Å². The molecule has 0 spiro atoms. The first-order valence-electron chi connectivity index (χ1n) is 6.30. The Morgan fingerprint density at radius 1 is 1.28 bits per heavy atom. The predicted molar refractivity (Wildman–Crippen MR) is 67.1 cm³/mol. The molecule has 0 bridgehead atoms. The molecule has 0 atom stereocenters. The zero-order valence-corrected chi connectivity index (χ0v) is 10.4. The number of nitrogens with zero attached hydrogens (tertiary/aromatic N) is 3. The van der Waals surface area contributed by atoms with E-state index >= 15 is 0 Å². The molecule has 3 heterocycles. The van der Waals surface area contributed by atoms with Crippen molar-refractivity contribution in [3.63, 3.8) is 0 Å². The SMILES string of the molecule is Cc1ccc(-c2nc(C3CCNCC3)no2)cn1. The average molecular weight is 244 g/mol. The van der Waals surface area contributed by atoms with Crippen molar-refractivity contribution in [2.24, 2.45) is 0 Å². The van der Waals surface area contributed by atoms with Crippen LogP contribution in [0.1, 0.15) is 30.3 Å². The molecule has 2 aromatic heterocycles. The van der Waals surface area contributed by atoms with Crippen LogP contribution in [0.15, 0.2) is 22.9 Å². The van der Waals surface area contributed by atoms with Gasteiger partial charge in [-0.1, -0.05) is 5.16 Å². The Morgan fingerprint density at radius 2 is 2.11 bits per heavy atom. The van der Waals surface area contributed by atoms with Gasteiger partial charge in [-0.3, -0.25) is 4.98 Å². The van der Waals surface area contributed by atoms with Gasteiger partial charge in [-0.25, -0.2) is 0 Å². The second-order valence-electron chi connectivity index (χ2n) is 4.67. The summed E-state index contributed by atoms with van der Waals surface area (Å²) in [6.45, 7) is 4.01. The third kappa shape index (κ3) is 2.26. The quantitative estimate of drug-likeness (QED) is 0.874. The Balaban J connectivity index is 1.82. The van der Waals surface area contributed by atoms with Gasteiger partial charge in [-0.05, 0) is 45.0 Å². The molecule has 0 saturated carbocycles. The fourth-order valence-corrected chi connectivity index (χ4v) is 2.19. The van der Waals surface area contributed by atoms with Crippen molar-refractivity contribution in [2.75, 3.05) is 13.1 Å².